The minimum absolute atomic E-state index is 0.0490. The third-order valence-corrected chi connectivity index (χ3v) is 4.86. The minimum Gasteiger partial charge on any atom is -0.481 e. The van der Waals surface area contributed by atoms with Crippen molar-refractivity contribution in [3.8, 4) is 11.5 Å². The van der Waals surface area contributed by atoms with Gasteiger partial charge < -0.3 is 20.2 Å². The molecule has 3 N–H and O–H groups in total. The second-order valence-corrected chi connectivity index (χ2v) is 6.56. The van der Waals surface area contributed by atoms with Gasteiger partial charge in [-0.25, -0.2) is 9.97 Å². The van der Waals surface area contributed by atoms with E-state index in [1.165, 1.54) is 17.0 Å². The van der Waals surface area contributed by atoms with Gasteiger partial charge in [-0.15, -0.1) is 0 Å². The summed E-state index contributed by atoms with van der Waals surface area (Å²) < 4.78 is 6.78. The Labute approximate surface area is 158 Å². The number of fused-ring (bicyclic) bond motifs is 1. The number of carbonyl (C=O) groups excluding carboxylic acids is 2. The fourth-order valence-corrected chi connectivity index (χ4v) is 3.35. The second kappa shape index (κ2) is 6.80. The van der Waals surface area contributed by atoms with Crippen LogP contribution in [0.1, 0.15) is 33.8 Å². The highest BCUT2D eigenvalue weighted by Crippen LogP contribution is 2.24. The van der Waals surface area contributed by atoms with Gasteiger partial charge in [0.25, 0.3) is 11.8 Å². The summed E-state index contributed by atoms with van der Waals surface area (Å²) in [6.07, 6.45) is 3.57. The van der Waals surface area contributed by atoms with Crippen molar-refractivity contribution in [1.82, 2.24) is 19.3 Å². The molecule has 0 bridgehead atoms. The average Bonchev–Trinajstić information content (AvgIpc) is 3.36. The van der Waals surface area contributed by atoms with Crippen LogP contribution in [0.25, 0.3) is 17.1 Å². The summed E-state index contributed by atoms with van der Waals surface area (Å²) in [6, 6.07) is 4.93. The van der Waals surface area contributed by atoms with E-state index in [0.29, 0.717) is 37.4 Å². The number of carboxylic acids is 1. The molecule has 3 aromatic rings. The number of amides is 2. The predicted molar refractivity (Wildman–Crippen MR) is 95.5 cm³/mol. The van der Waals surface area contributed by atoms with Gasteiger partial charge in [-0.3, -0.25) is 18.8 Å². The number of hydrogen-bond donors (Lipinski definition) is 2. The Bertz CT molecular complexity index is 1060. The smallest absolute Gasteiger partial charge is 0.306 e. The average molecular weight is 383 g/mol. The molecule has 0 atom stereocenters. The van der Waals surface area contributed by atoms with Crippen molar-refractivity contribution in [2.24, 2.45) is 11.7 Å². The molecule has 1 saturated heterocycles. The molecule has 10 nitrogen and oxygen atoms in total. The zero-order valence-corrected chi connectivity index (χ0v) is 14.7. The molecule has 0 aliphatic carbocycles. The van der Waals surface area contributed by atoms with Crippen LogP contribution in [-0.4, -0.2) is 55.2 Å². The van der Waals surface area contributed by atoms with Crippen molar-refractivity contribution in [3.05, 3.63) is 42.2 Å². The largest absolute Gasteiger partial charge is 0.481 e. The van der Waals surface area contributed by atoms with E-state index >= 15 is 0 Å². The quantitative estimate of drug-likeness (QED) is 0.684. The van der Waals surface area contributed by atoms with Crippen molar-refractivity contribution >= 4 is 23.4 Å². The van der Waals surface area contributed by atoms with E-state index in [1.54, 1.807) is 23.1 Å². The van der Waals surface area contributed by atoms with Crippen molar-refractivity contribution < 1.29 is 23.9 Å². The molecule has 1 fully saturated rings. The van der Waals surface area contributed by atoms with E-state index in [1.807, 2.05) is 0 Å². The Hall–Kier alpha value is -3.69. The first-order valence-corrected chi connectivity index (χ1v) is 8.69. The van der Waals surface area contributed by atoms with E-state index in [2.05, 4.69) is 9.97 Å². The molecule has 0 radical (unpaired) electrons. The Kier molecular flexibility index (Phi) is 4.30. The predicted octanol–water partition coefficient (Wildman–Crippen LogP) is 1.02. The highest BCUT2D eigenvalue weighted by atomic mass is 16.4. The number of nitrogens with zero attached hydrogens (tertiary/aromatic N) is 4. The summed E-state index contributed by atoms with van der Waals surface area (Å²) in [5, 5.41) is 9.14. The van der Waals surface area contributed by atoms with Gasteiger partial charge >= 0.3 is 5.97 Å². The molecule has 1 aliphatic rings. The zero-order chi connectivity index (χ0) is 19.8. The molecule has 0 unspecified atom stereocenters. The molecule has 2 amide bonds. The van der Waals surface area contributed by atoms with Crippen LogP contribution in [0.3, 0.4) is 0 Å². The third kappa shape index (κ3) is 2.98. The fraction of sp³-hybridized carbons (Fsp3) is 0.278. The summed E-state index contributed by atoms with van der Waals surface area (Å²) in [4.78, 5) is 45.9. The zero-order valence-electron chi connectivity index (χ0n) is 14.7. The Morgan fingerprint density at radius 3 is 2.61 bits per heavy atom. The number of hydrogen-bond acceptors (Lipinski definition) is 6. The normalized spacial score (nSPS) is 15.1. The molecule has 10 heteroatoms. The highest BCUT2D eigenvalue weighted by molar-refractivity contribution is 5.99. The lowest BCUT2D eigenvalue weighted by atomic mass is 9.97. The monoisotopic (exact) mass is 383 g/mol. The number of nitrogens with two attached hydrogens (primary N) is 1. The van der Waals surface area contributed by atoms with E-state index in [9.17, 15) is 14.4 Å². The molecule has 144 valence electrons. The summed E-state index contributed by atoms with van der Waals surface area (Å²) in [5.41, 5.74) is 6.09. The Morgan fingerprint density at radius 1 is 1.25 bits per heavy atom. The Balaban J connectivity index is 1.76. The maximum absolute atomic E-state index is 13.1. The first-order valence-electron chi connectivity index (χ1n) is 8.69. The van der Waals surface area contributed by atoms with Gasteiger partial charge in [0.05, 0.1) is 12.2 Å². The third-order valence-electron chi connectivity index (χ3n) is 4.86. The lowest BCUT2D eigenvalue weighted by molar-refractivity contribution is -0.143. The molecule has 3 aromatic heterocycles. The number of carboxylic acid groups (broad SMARTS) is 1. The number of primary amides is 1. The standard InChI is InChI=1S/C18H17N5O5/c19-15(24)14-16-21-11(13-2-1-7-28-13)8-12(23(16)9-20-14)17(25)22-5-3-10(4-6-22)18(26)27/h1-2,7-10H,3-6H2,(H2,19,24)(H,26,27). The first kappa shape index (κ1) is 17.7. The van der Waals surface area contributed by atoms with Gasteiger partial charge in [0.15, 0.2) is 17.1 Å². The van der Waals surface area contributed by atoms with E-state index < -0.39 is 17.8 Å². The number of aliphatic carboxylic acids is 1. The minimum atomic E-state index is -0.848. The van der Waals surface area contributed by atoms with Gasteiger partial charge in [-0.2, -0.15) is 0 Å². The molecule has 28 heavy (non-hydrogen) atoms. The van der Waals surface area contributed by atoms with Crippen LogP contribution in [0.2, 0.25) is 0 Å². The van der Waals surface area contributed by atoms with Gasteiger partial charge in [0, 0.05) is 13.1 Å². The molecular formula is C18H17N5O5. The van der Waals surface area contributed by atoms with Gasteiger partial charge in [-0.05, 0) is 31.0 Å². The van der Waals surface area contributed by atoms with Gasteiger partial charge in [0.1, 0.15) is 17.7 Å². The lowest BCUT2D eigenvalue weighted by Crippen LogP contribution is -2.40. The summed E-state index contributed by atoms with van der Waals surface area (Å²) >= 11 is 0. The molecule has 0 spiro atoms. The van der Waals surface area contributed by atoms with Crippen LogP contribution >= 0.6 is 0 Å². The van der Waals surface area contributed by atoms with Crippen LogP contribution in [0.15, 0.2) is 35.2 Å². The number of piperidine rings is 1. The number of aromatic nitrogens is 3. The molecule has 0 aromatic carbocycles. The second-order valence-electron chi connectivity index (χ2n) is 6.56. The first-order chi connectivity index (χ1) is 13.5. The molecule has 1 aliphatic heterocycles. The van der Waals surface area contributed by atoms with Crippen LogP contribution in [0, 0.1) is 5.92 Å². The van der Waals surface area contributed by atoms with Gasteiger partial charge in [0.2, 0.25) is 0 Å². The number of rotatable bonds is 4. The Morgan fingerprint density at radius 2 is 2.00 bits per heavy atom. The van der Waals surface area contributed by atoms with Crippen LogP contribution < -0.4 is 5.73 Å². The van der Waals surface area contributed by atoms with E-state index in [4.69, 9.17) is 15.3 Å². The summed E-state index contributed by atoms with van der Waals surface area (Å²) in [5.74, 6) is -1.93. The number of likely N-dealkylation sites (tertiary alicyclic amines) is 1. The topological polar surface area (TPSA) is 144 Å². The van der Waals surface area contributed by atoms with Crippen LogP contribution in [0.5, 0.6) is 0 Å². The number of carbonyl (C=O) groups is 3. The molecule has 0 saturated carbocycles. The van der Waals surface area contributed by atoms with Crippen molar-refractivity contribution in [1.29, 1.82) is 0 Å². The fourth-order valence-electron chi connectivity index (χ4n) is 3.35. The maximum Gasteiger partial charge on any atom is 0.306 e. The molecule has 4 heterocycles. The summed E-state index contributed by atoms with van der Waals surface area (Å²) in [6.45, 7) is 0.653. The van der Waals surface area contributed by atoms with E-state index in [-0.39, 0.29) is 22.9 Å². The SMILES string of the molecule is NC(=O)c1ncn2c(C(=O)N3CCC(C(=O)O)CC3)cc(-c3ccco3)nc12. The van der Waals surface area contributed by atoms with Crippen molar-refractivity contribution in [2.45, 2.75) is 12.8 Å². The van der Waals surface area contributed by atoms with Gasteiger partial charge in [-0.1, -0.05) is 0 Å². The lowest BCUT2D eigenvalue weighted by Gasteiger charge is -2.30. The molecule has 4 rings (SSSR count). The number of furan rings is 1. The summed E-state index contributed by atoms with van der Waals surface area (Å²) in [7, 11) is 0. The number of imidazole rings is 1. The van der Waals surface area contributed by atoms with Crippen molar-refractivity contribution in [2.75, 3.05) is 13.1 Å². The molecular weight excluding hydrogens is 366 g/mol. The highest BCUT2D eigenvalue weighted by Gasteiger charge is 2.29. The van der Waals surface area contributed by atoms with Crippen molar-refractivity contribution in [3.63, 3.8) is 0 Å². The van der Waals surface area contributed by atoms with Crippen LogP contribution in [0.4, 0.5) is 0 Å². The van der Waals surface area contributed by atoms with E-state index in [0.717, 1.165) is 0 Å². The maximum atomic E-state index is 13.1. The van der Waals surface area contributed by atoms with Crippen LogP contribution in [-0.2, 0) is 4.79 Å².